The molecule has 0 aromatic heterocycles. The van der Waals surface area contributed by atoms with Gasteiger partial charge in [-0.1, -0.05) is 38.8 Å². The minimum absolute atomic E-state index is 0.0520. The molecule has 0 saturated heterocycles. The van der Waals surface area contributed by atoms with Crippen molar-refractivity contribution in [2.45, 2.75) is 31.1 Å². The lowest BCUT2D eigenvalue weighted by molar-refractivity contribution is 0.0914. The molecule has 16 heavy (non-hydrogen) atoms. The molecule has 0 bridgehead atoms. The van der Waals surface area contributed by atoms with E-state index in [9.17, 15) is 4.79 Å². The van der Waals surface area contributed by atoms with Crippen molar-refractivity contribution in [2.24, 2.45) is 0 Å². The van der Waals surface area contributed by atoms with Crippen LogP contribution >= 0.6 is 31.9 Å². The summed E-state index contributed by atoms with van der Waals surface area (Å²) in [5.41, 5.74) is 0.397. The van der Waals surface area contributed by atoms with Crippen LogP contribution in [0.2, 0.25) is 0 Å². The summed E-state index contributed by atoms with van der Waals surface area (Å²) in [5.74, 6) is -0.0520. The molecule has 0 aliphatic heterocycles. The van der Waals surface area contributed by atoms with Crippen molar-refractivity contribution in [3.63, 3.8) is 0 Å². The summed E-state index contributed by atoms with van der Waals surface area (Å²) < 4.78 is 0.970. The highest BCUT2D eigenvalue weighted by molar-refractivity contribution is 9.10. The standard InChI is InChI=1S/C12H15Br2NO/c1-8(13)12(2,3)15-11(16)9-4-6-10(14)7-5-9/h4-8H,1-3H3,(H,15,16). The highest BCUT2D eigenvalue weighted by Gasteiger charge is 2.25. The Bertz CT molecular complexity index is 371. The highest BCUT2D eigenvalue weighted by Crippen LogP contribution is 2.18. The smallest absolute Gasteiger partial charge is 0.251 e. The summed E-state index contributed by atoms with van der Waals surface area (Å²) in [6, 6.07) is 7.32. The lowest BCUT2D eigenvalue weighted by Crippen LogP contribution is -2.48. The topological polar surface area (TPSA) is 29.1 Å². The summed E-state index contributed by atoms with van der Waals surface area (Å²) in [7, 11) is 0. The normalized spacial score (nSPS) is 13.3. The molecule has 88 valence electrons. The van der Waals surface area contributed by atoms with Gasteiger partial charge in [-0.2, -0.15) is 0 Å². The summed E-state index contributed by atoms with van der Waals surface area (Å²) in [5, 5.41) is 2.99. The van der Waals surface area contributed by atoms with Crippen molar-refractivity contribution < 1.29 is 4.79 Å². The molecular weight excluding hydrogens is 334 g/mol. The maximum Gasteiger partial charge on any atom is 0.251 e. The number of alkyl halides is 1. The van der Waals surface area contributed by atoms with E-state index in [4.69, 9.17) is 0 Å². The number of rotatable bonds is 3. The van der Waals surface area contributed by atoms with Gasteiger partial charge in [-0.25, -0.2) is 0 Å². The van der Waals surface area contributed by atoms with Crippen LogP contribution in [0.5, 0.6) is 0 Å². The van der Waals surface area contributed by atoms with E-state index in [-0.39, 0.29) is 16.3 Å². The zero-order valence-corrected chi connectivity index (χ0v) is 12.7. The molecule has 0 fully saturated rings. The van der Waals surface area contributed by atoms with Crippen LogP contribution in [-0.2, 0) is 0 Å². The second kappa shape index (κ2) is 5.32. The summed E-state index contributed by atoms with van der Waals surface area (Å²) in [6.45, 7) is 5.99. The van der Waals surface area contributed by atoms with Crippen molar-refractivity contribution in [1.82, 2.24) is 5.32 Å². The van der Waals surface area contributed by atoms with Crippen LogP contribution in [0.1, 0.15) is 31.1 Å². The van der Waals surface area contributed by atoms with Gasteiger partial charge in [0, 0.05) is 20.4 Å². The molecule has 0 aliphatic carbocycles. The Morgan fingerprint density at radius 3 is 2.25 bits per heavy atom. The van der Waals surface area contributed by atoms with Gasteiger partial charge in [0.25, 0.3) is 5.91 Å². The first-order valence-corrected chi connectivity index (χ1v) is 6.76. The van der Waals surface area contributed by atoms with Gasteiger partial charge < -0.3 is 5.32 Å². The second-order valence-corrected chi connectivity index (χ2v) is 6.59. The van der Waals surface area contributed by atoms with E-state index in [1.807, 2.05) is 32.9 Å². The van der Waals surface area contributed by atoms with Gasteiger partial charge in [-0.3, -0.25) is 4.79 Å². The fraction of sp³-hybridized carbons (Fsp3) is 0.417. The largest absolute Gasteiger partial charge is 0.346 e. The molecule has 1 aromatic rings. The Morgan fingerprint density at radius 2 is 1.81 bits per heavy atom. The van der Waals surface area contributed by atoms with Crippen molar-refractivity contribution >= 4 is 37.8 Å². The van der Waals surface area contributed by atoms with E-state index >= 15 is 0 Å². The first kappa shape index (κ1) is 13.7. The fourth-order valence-corrected chi connectivity index (χ4v) is 1.44. The number of amides is 1. The number of hydrogen-bond donors (Lipinski definition) is 1. The Balaban J connectivity index is 2.77. The number of carbonyl (C=O) groups excluding carboxylic acids is 1. The van der Waals surface area contributed by atoms with E-state index in [2.05, 4.69) is 37.2 Å². The molecule has 2 nitrogen and oxygen atoms in total. The molecule has 0 heterocycles. The SMILES string of the molecule is CC(Br)C(C)(C)NC(=O)c1ccc(Br)cc1. The van der Waals surface area contributed by atoms with Crippen LogP contribution in [0.15, 0.2) is 28.7 Å². The number of carbonyl (C=O) groups is 1. The van der Waals surface area contributed by atoms with Crippen molar-refractivity contribution in [3.8, 4) is 0 Å². The third-order valence-electron chi connectivity index (χ3n) is 2.54. The van der Waals surface area contributed by atoms with E-state index in [0.29, 0.717) is 5.56 Å². The molecule has 0 spiro atoms. The molecule has 1 rings (SSSR count). The van der Waals surface area contributed by atoms with Crippen LogP contribution in [0.3, 0.4) is 0 Å². The second-order valence-electron chi connectivity index (χ2n) is 4.30. The molecule has 1 unspecified atom stereocenters. The van der Waals surface area contributed by atoms with Crippen molar-refractivity contribution in [1.29, 1.82) is 0 Å². The van der Waals surface area contributed by atoms with E-state index in [1.54, 1.807) is 12.1 Å². The van der Waals surface area contributed by atoms with Gasteiger partial charge in [0.15, 0.2) is 0 Å². The maximum atomic E-state index is 11.9. The minimum Gasteiger partial charge on any atom is -0.346 e. The van der Waals surface area contributed by atoms with Crippen molar-refractivity contribution in [2.75, 3.05) is 0 Å². The summed E-state index contributed by atoms with van der Waals surface area (Å²) >= 11 is 6.83. The molecule has 0 aliphatic rings. The zero-order valence-electron chi connectivity index (χ0n) is 9.55. The molecule has 4 heteroatoms. The zero-order chi connectivity index (χ0) is 12.3. The Kier molecular flexibility index (Phi) is 4.56. The predicted molar refractivity (Wildman–Crippen MR) is 74.1 cm³/mol. The summed E-state index contributed by atoms with van der Waals surface area (Å²) in [6.07, 6.45) is 0. The van der Waals surface area contributed by atoms with Crippen LogP contribution in [0.25, 0.3) is 0 Å². The fourth-order valence-electron chi connectivity index (χ4n) is 1.07. The Labute approximate surface area is 113 Å². The highest BCUT2D eigenvalue weighted by atomic mass is 79.9. The van der Waals surface area contributed by atoms with Crippen LogP contribution in [0.4, 0.5) is 0 Å². The average molecular weight is 349 g/mol. The van der Waals surface area contributed by atoms with Gasteiger partial charge in [-0.15, -0.1) is 0 Å². The van der Waals surface area contributed by atoms with Crippen LogP contribution in [-0.4, -0.2) is 16.3 Å². The van der Waals surface area contributed by atoms with Crippen LogP contribution in [0, 0.1) is 0 Å². The van der Waals surface area contributed by atoms with E-state index in [0.717, 1.165) is 4.47 Å². The van der Waals surface area contributed by atoms with E-state index < -0.39 is 0 Å². The Morgan fingerprint density at radius 1 is 1.31 bits per heavy atom. The number of nitrogens with one attached hydrogen (secondary N) is 1. The van der Waals surface area contributed by atoms with Gasteiger partial charge >= 0.3 is 0 Å². The maximum absolute atomic E-state index is 11.9. The summed E-state index contributed by atoms with van der Waals surface area (Å²) in [4.78, 5) is 12.1. The quantitative estimate of drug-likeness (QED) is 0.828. The lowest BCUT2D eigenvalue weighted by Gasteiger charge is -2.29. The van der Waals surface area contributed by atoms with Gasteiger partial charge in [-0.05, 0) is 38.1 Å². The lowest BCUT2D eigenvalue weighted by atomic mass is 10.0. The van der Waals surface area contributed by atoms with Gasteiger partial charge in [0.2, 0.25) is 0 Å². The molecule has 1 atom stereocenters. The van der Waals surface area contributed by atoms with Crippen molar-refractivity contribution in [3.05, 3.63) is 34.3 Å². The molecule has 1 N–H and O–H groups in total. The first-order chi connectivity index (χ1) is 7.33. The van der Waals surface area contributed by atoms with Crippen LogP contribution < -0.4 is 5.32 Å². The third kappa shape index (κ3) is 3.59. The Hall–Kier alpha value is -0.350. The van der Waals surface area contributed by atoms with Gasteiger partial charge in [0.1, 0.15) is 0 Å². The first-order valence-electron chi connectivity index (χ1n) is 5.05. The molecule has 0 saturated carbocycles. The monoisotopic (exact) mass is 347 g/mol. The molecule has 1 aromatic carbocycles. The number of hydrogen-bond acceptors (Lipinski definition) is 1. The molecule has 1 amide bonds. The number of halogens is 2. The third-order valence-corrected chi connectivity index (χ3v) is 4.21. The average Bonchev–Trinajstić information content (AvgIpc) is 2.17. The minimum atomic E-state index is -0.274. The number of benzene rings is 1. The molecule has 0 radical (unpaired) electrons. The van der Waals surface area contributed by atoms with E-state index in [1.165, 1.54) is 0 Å². The molecular formula is C12H15Br2NO. The predicted octanol–water partition coefficient (Wildman–Crippen LogP) is 3.74. The van der Waals surface area contributed by atoms with Gasteiger partial charge in [0.05, 0.1) is 0 Å².